The van der Waals surface area contributed by atoms with Gasteiger partial charge in [0.15, 0.2) is 6.10 Å². The van der Waals surface area contributed by atoms with E-state index < -0.39 is 0 Å². The third-order valence-corrected chi connectivity index (χ3v) is 4.37. The van der Waals surface area contributed by atoms with Gasteiger partial charge in [0.05, 0.1) is 0 Å². The number of rotatable bonds is 1. The molecular weight excluding hydrogens is 250 g/mol. The van der Waals surface area contributed by atoms with Gasteiger partial charge in [-0.05, 0) is 38.0 Å². The topological polar surface area (TPSA) is 50.9 Å². The second-order valence-corrected chi connectivity index (χ2v) is 5.86. The van der Waals surface area contributed by atoms with Crippen LogP contribution in [0, 0.1) is 0 Å². The smallest absolute Gasteiger partial charge is 0.153 e. The van der Waals surface area contributed by atoms with Crippen molar-refractivity contribution in [3.63, 3.8) is 0 Å². The molecule has 1 aromatic carbocycles. The number of nitrogens with two attached hydrogens (primary N) is 1. The number of ether oxygens (including phenoxy) is 1. The van der Waals surface area contributed by atoms with Crippen molar-refractivity contribution < 1.29 is 4.74 Å². The van der Waals surface area contributed by atoms with Crippen LogP contribution in [-0.2, 0) is 0 Å². The number of nitrogens with zero attached hydrogens (tertiary/aromatic N) is 2. The van der Waals surface area contributed by atoms with Gasteiger partial charge in [0.1, 0.15) is 17.3 Å². The van der Waals surface area contributed by atoms with Crippen LogP contribution >= 0.6 is 0 Å². The third-order valence-electron chi connectivity index (χ3n) is 4.37. The van der Waals surface area contributed by atoms with E-state index in [0.717, 1.165) is 23.0 Å². The maximum atomic E-state index is 5.98. The number of benzene rings is 1. The molecule has 0 spiro atoms. The summed E-state index contributed by atoms with van der Waals surface area (Å²) in [4.78, 5) is 7.12. The first kappa shape index (κ1) is 13.3. The Morgan fingerprint density at radius 2 is 2.00 bits per heavy atom. The zero-order valence-corrected chi connectivity index (χ0v) is 12.3. The summed E-state index contributed by atoms with van der Waals surface area (Å²) in [5.41, 5.74) is 7.42. The molecule has 1 aliphatic heterocycles. The number of fused-ring (bicyclic) bond motifs is 1. The Morgan fingerprint density at radius 3 is 2.75 bits per heavy atom. The Labute approximate surface area is 120 Å². The summed E-state index contributed by atoms with van der Waals surface area (Å²) in [6.45, 7) is 2.07. The van der Waals surface area contributed by atoms with Crippen LogP contribution in [0.5, 0.6) is 5.75 Å². The van der Waals surface area contributed by atoms with Gasteiger partial charge in [-0.25, -0.2) is 4.99 Å². The predicted molar refractivity (Wildman–Crippen MR) is 82.7 cm³/mol. The standard InChI is InChI=1S/C16H23N3O/c1-11-16(19(2)13-6-4-3-5-7-13)18-14-10-12(17)8-9-15(14)20-11/h8-11,13H,3-7,17H2,1-2H3. The van der Waals surface area contributed by atoms with Crippen molar-refractivity contribution in [3.05, 3.63) is 18.2 Å². The third kappa shape index (κ3) is 2.47. The number of anilines is 1. The minimum Gasteiger partial charge on any atom is -0.481 e. The van der Waals surface area contributed by atoms with Gasteiger partial charge in [-0.3, -0.25) is 0 Å². The van der Waals surface area contributed by atoms with E-state index >= 15 is 0 Å². The molecule has 1 heterocycles. The molecule has 0 aromatic heterocycles. The average Bonchev–Trinajstić information content (AvgIpc) is 2.47. The predicted octanol–water partition coefficient (Wildman–Crippen LogP) is 3.34. The Hall–Kier alpha value is -1.71. The van der Waals surface area contributed by atoms with Gasteiger partial charge < -0.3 is 15.4 Å². The molecule has 1 aliphatic carbocycles. The summed E-state index contributed by atoms with van der Waals surface area (Å²) in [6, 6.07) is 6.24. The lowest BCUT2D eigenvalue weighted by Crippen LogP contribution is -2.45. The Balaban J connectivity index is 1.87. The fourth-order valence-electron chi connectivity index (χ4n) is 3.20. The van der Waals surface area contributed by atoms with E-state index in [0.29, 0.717) is 6.04 Å². The number of amidine groups is 1. The van der Waals surface area contributed by atoms with Crippen molar-refractivity contribution in [1.29, 1.82) is 0 Å². The SMILES string of the molecule is CC1Oc2ccc(N)cc2N=C1N(C)C1CCCCC1. The molecule has 108 valence electrons. The highest BCUT2D eigenvalue weighted by Gasteiger charge is 2.28. The number of hydrogen-bond donors (Lipinski definition) is 1. The highest BCUT2D eigenvalue weighted by molar-refractivity contribution is 5.91. The molecule has 2 aliphatic rings. The van der Waals surface area contributed by atoms with Crippen molar-refractivity contribution in [2.45, 2.75) is 51.2 Å². The van der Waals surface area contributed by atoms with E-state index in [2.05, 4.69) is 18.9 Å². The van der Waals surface area contributed by atoms with Gasteiger partial charge in [-0.2, -0.15) is 0 Å². The molecule has 3 rings (SSSR count). The van der Waals surface area contributed by atoms with Crippen molar-refractivity contribution in [3.8, 4) is 5.75 Å². The van der Waals surface area contributed by atoms with Gasteiger partial charge in [0, 0.05) is 18.8 Å². The van der Waals surface area contributed by atoms with E-state index in [1.807, 2.05) is 18.2 Å². The van der Waals surface area contributed by atoms with Crippen LogP contribution in [0.25, 0.3) is 0 Å². The van der Waals surface area contributed by atoms with Crippen LogP contribution < -0.4 is 10.5 Å². The lowest BCUT2D eigenvalue weighted by molar-refractivity contribution is 0.224. The molecule has 4 nitrogen and oxygen atoms in total. The van der Waals surface area contributed by atoms with Crippen molar-refractivity contribution in [2.24, 2.45) is 4.99 Å². The zero-order chi connectivity index (χ0) is 14.1. The molecule has 1 atom stereocenters. The van der Waals surface area contributed by atoms with Crippen molar-refractivity contribution >= 4 is 17.2 Å². The summed E-state index contributed by atoms with van der Waals surface area (Å²) in [5.74, 6) is 1.85. The molecule has 0 radical (unpaired) electrons. The van der Waals surface area contributed by atoms with Crippen molar-refractivity contribution in [2.75, 3.05) is 12.8 Å². The van der Waals surface area contributed by atoms with E-state index in [4.69, 9.17) is 15.5 Å². The fraction of sp³-hybridized carbons (Fsp3) is 0.562. The number of likely N-dealkylation sites (N-methyl/N-ethyl adjacent to an activating group) is 1. The average molecular weight is 273 g/mol. The molecular formula is C16H23N3O. The highest BCUT2D eigenvalue weighted by Crippen LogP contribution is 2.35. The molecule has 1 aromatic rings. The maximum absolute atomic E-state index is 5.98. The second kappa shape index (κ2) is 5.35. The van der Waals surface area contributed by atoms with Crippen LogP contribution in [0.4, 0.5) is 11.4 Å². The first-order chi connectivity index (χ1) is 9.65. The van der Waals surface area contributed by atoms with E-state index in [-0.39, 0.29) is 6.10 Å². The number of nitrogen functional groups attached to an aromatic ring is 1. The monoisotopic (exact) mass is 273 g/mol. The lowest BCUT2D eigenvalue weighted by atomic mass is 9.94. The summed E-state index contributed by atoms with van der Waals surface area (Å²) < 4.78 is 5.98. The van der Waals surface area contributed by atoms with Crippen LogP contribution in [0.15, 0.2) is 23.2 Å². The largest absolute Gasteiger partial charge is 0.481 e. The summed E-state index contributed by atoms with van der Waals surface area (Å²) in [6.07, 6.45) is 6.51. The van der Waals surface area contributed by atoms with E-state index in [9.17, 15) is 0 Å². The van der Waals surface area contributed by atoms with Gasteiger partial charge in [-0.1, -0.05) is 19.3 Å². The molecule has 4 heteroatoms. The first-order valence-corrected chi connectivity index (χ1v) is 7.53. The molecule has 2 N–H and O–H groups in total. The second-order valence-electron chi connectivity index (χ2n) is 5.86. The summed E-state index contributed by atoms with van der Waals surface area (Å²) in [7, 11) is 2.14. The normalized spacial score (nSPS) is 22.7. The van der Waals surface area contributed by atoms with Gasteiger partial charge in [-0.15, -0.1) is 0 Å². The zero-order valence-electron chi connectivity index (χ0n) is 12.3. The Morgan fingerprint density at radius 1 is 1.25 bits per heavy atom. The van der Waals surface area contributed by atoms with E-state index in [1.54, 1.807) is 0 Å². The molecule has 0 amide bonds. The molecule has 1 unspecified atom stereocenters. The molecule has 1 fully saturated rings. The minimum absolute atomic E-state index is 0.00180. The molecule has 20 heavy (non-hydrogen) atoms. The first-order valence-electron chi connectivity index (χ1n) is 7.53. The highest BCUT2D eigenvalue weighted by atomic mass is 16.5. The van der Waals surface area contributed by atoms with Crippen molar-refractivity contribution in [1.82, 2.24) is 4.90 Å². The number of hydrogen-bond acceptors (Lipinski definition) is 4. The van der Waals surface area contributed by atoms with Crippen LogP contribution in [-0.4, -0.2) is 29.9 Å². The maximum Gasteiger partial charge on any atom is 0.153 e. The quantitative estimate of drug-likeness (QED) is 0.798. The molecule has 1 saturated carbocycles. The Kier molecular flexibility index (Phi) is 3.55. The van der Waals surface area contributed by atoms with Crippen LogP contribution in [0.2, 0.25) is 0 Å². The minimum atomic E-state index is -0.00180. The van der Waals surface area contributed by atoms with E-state index in [1.165, 1.54) is 32.1 Å². The summed E-state index contributed by atoms with van der Waals surface area (Å²) >= 11 is 0. The lowest BCUT2D eigenvalue weighted by Gasteiger charge is -2.37. The Bertz CT molecular complexity index is 520. The van der Waals surface area contributed by atoms with Gasteiger partial charge in [0.25, 0.3) is 0 Å². The van der Waals surface area contributed by atoms with Gasteiger partial charge >= 0.3 is 0 Å². The van der Waals surface area contributed by atoms with Gasteiger partial charge in [0.2, 0.25) is 0 Å². The molecule has 0 bridgehead atoms. The molecule has 0 saturated heterocycles. The fourth-order valence-corrected chi connectivity index (χ4v) is 3.20. The van der Waals surface area contributed by atoms with Crippen LogP contribution in [0.3, 0.4) is 0 Å². The summed E-state index contributed by atoms with van der Waals surface area (Å²) in [5, 5.41) is 0. The number of aliphatic imine (C=N–C) groups is 1. The van der Waals surface area contributed by atoms with Crippen LogP contribution in [0.1, 0.15) is 39.0 Å².